The lowest BCUT2D eigenvalue weighted by atomic mass is 9.75. The van der Waals surface area contributed by atoms with Gasteiger partial charge in [0.15, 0.2) is 0 Å². The van der Waals surface area contributed by atoms with Crippen LogP contribution >= 0.6 is 0 Å². The van der Waals surface area contributed by atoms with E-state index in [9.17, 15) is 19.6 Å². The second kappa shape index (κ2) is 7.81. The number of hydrogen-bond donors (Lipinski definition) is 4. The van der Waals surface area contributed by atoms with E-state index in [0.717, 1.165) is 5.56 Å². The first-order valence-electron chi connectivity index (χ1n) is 8.34. The Kier molecular flexibility index (Phi) is 6.02. The number of benzene rings is 1. The summed E-state index contributed by atoms with van der Waals surface area (Å²) in [6.45, 7) is 3.88. The first-order chi connectivity index (χ1) is 11.3. The zero-order valence-electron chi connectivity index (χ0n) is 14.2. The fourth-order valence-electron chi connectivity index (χ4n) is 2.70. The third-order valence-electron chi connectivity index (χ3n) is 4.17. The molecule has 0 spiro atoms. The highest BCUT2D eigenvalue weighted by atomic mass is 16.4. The van der Waals surface area contributed by atoms with Crippen molar-refractivity contribution >= 4 is 18.9 Å². The summed E-state index contributed by atoms with van der Waals surface area (Å²) in [4.78, 5) is 24.6. The summed E-state index contributed by atoms with van der Waals surface area (Å²) in [5.41, 5.74) is -0.0228. The fraction of sp³-hybridized carbons (Fsp3) is 0.529. The van der Waals surface area contributed by atoms with Crippen LogP contribution in [0.5, 0.6) is 0 Å². The molecule has 24 heavy (non-hydrogen) atoms. The smallest absolute Gasteiger partial charge is 0.426 e. The number of rotatable bonds is 8. The molecule has 1 aromatic rings. The first-order valence-corrected chi connectivity index (χ1v) is 8.34. The van der Waals surface area contributed by atoms with Crippen molar-refractivity contribution in [3.8, 4) is 0 Å². The van der Waals surface area contributed by atoms with Crippen LogP contribution in [0.15, 0.2) is 30.3 Å². The minimum absolute atomic E-state index is 0.208. The molecule has 2 rings (SSSR count). The van der Waals surface area contributed by atoms with Crippen molar-refractivity contribution in [3.05, 3.63) is 35.9 Å². The zero-order chi connectivity index (χ0) is 17.7. The maximum Gasteiger partial charge on any atom is 0.475 e. The standard InChI is InChI=1S/C17H25BN2O4/c1-12(2)10-14(18(23)24)19-16(22)17(8-9-17)20-15(21)11-13-6-4-3-5-7-13/h3-7,12,14,23-24H,8-11H2,1-2H3,(H,19,22)(H,20,21)/t14-/m0/s1. The van der Waals surface area contributed by atoms with Crippen molar-refractivity contribution in [3.63, 3.8) is 0 Å². The number of carbonyl (C=O) groups excluding carboxylic acids is 2. The molecule has 1 saturated carbocycles. The molecule has 1 aliphatic rings. The van der Waals surface area contributed by atoms with Crippen molar-refractivity contribution in [2.45, 2.75) is 51.0 Å². The molecule has 1 aliphatic carbocycles. The van der Waals surface area contributed by atoms with E-state index in [1.807, 2.05) is 44.2 Å². The number of hydrogen-bond acceptors (Lipinski definition) is 4. The summed E-state index contributed by atoms with van der Waals surface area (Å²) in [5, 5.41) is 24.3. The van der Waals surface area contributed by atoms with Crippen LogP contribution in [0.25, 0.3) is 0 Å². The van der Waals surface area contributed by atoms with Gasteiger partial charge in [0.05, 0.1) is 12.4 Å². The predicted octanol–water partition coefficient (Wildman–Crippen LogP) is 0.421. The summed E-state index contributed by atoms with van der Waals surface area (Å²) in [6, 6.07) is 9.33. The van der Waals surface area contributed by atoms with Gasteiger partial charge in [0.1, 0.15) is 5.54 Å². The zero-order valence-corrected chi connectivity index (χ0v) is 14.2. The third-order valence-corrected chi connectivity index (χ3v) is 4.17. The van der Waals surface area contributed by atoms with E-state index in [2.05, 4.69) is 10.6 Å². The highest BCUT2D eigenvalue weighted by Crippen LogP contribution is 2.36. The van der Waals surface area contributed by atoms with Gasteiger partial charge in [-0.25, -0.2) is 0 Å². The molecule has 0 heterocycles. The number of amides is 2. The average molecular weight is 332 g/mol. The fourth-order valence-corrected chi connectivity index (χ4v) is 2.70. The van der Waals surface area contributed by atoms with E-state index in [1.54, 1.807) is 0 Å². The van der Waals surface area contributed by atoms with Crippen LogP contribution in [-0.2, 0) is 16.0 Å². The SMILES string of the molecule is CC(C)C[C@H](NC(=O)C1(NC(=O)Cc2ccccc2)CC1)B(O)O. The molecule has 2 amide bonds. The Balaban J connectivity index is 1.92. The van der Waals surface area contributed by atoms with Gasteiger partial charge in [-0.15, -0.1) is 0 Å². The van der Waals surface area contributed by atoms with Crippen molar-refractivity contribution in [2.75, 3.05) is 0 Å². The Hall–Kier alpha value is -1.86. The Morgan fingerprint density at radius 2 is 1.83 bits per heavy atom. The average Bonchev–Trinajstić information content (AvgIpc) is 3.27. The minimum atomic E-state index is -1.62. The van der Waals surface area contributed by atoms with Gasteiger partial charge in [-0.05, 0) is 30.7 Å². The first kappa shape index (κ1) is 18.5. The van der Waals surface area contributed by atoms with Crippen LogP contribution in [0.3, 0.4) is 0 Å². The second-order valence-electron chi connectivity index (χ2n) is 6.92. The Bertz CT molecular complexity index is 573. The highest BCUT2D eigenvalue weighted by Gasteiger charge is 2.52. The largest absolute Gasteiger partial charge is 0.475 e. The molecule has 4 N–H and O–H groups in total. The van der Waals surface area contributed by atoms with E-state index in [0.29, 0.717) is 19.3 Å². The molecule has 0 unspecified atom stereocenters. The van der Waals surface area contributed by atoms with Gasteiger partial charge < -0.3 is 20.7 Å². The van der Waals surface area contributed by atoms with Crippen LogP contribution in [0.1, 0.15) is 38.7 Å². The summed E-state index contributed by atoms with van der Waals surface area (Å²) < 4.78 is 0. The maximum absolute atomic E-state index is 12.5. The monoisotopic (exact) mass is 332 g/mol. The summed E-state index contributed by atoms with van der Waals surface area (Å²) >= 11 is 0. The van der Waals surface area contributed by atoms with E-state index in [-0.39, 0.29) is 24.2 Å². The maximum atomic E-state index is 12.5. The van der Waals surface area contributed by atoms with Gasteiger partial charge in [0, 0.05) is 0 Å². The van der Waals surface area contributed by atoms with Gasteiger partial charge in [-0.1, -0.05) is 44.2 Å². The third kappa shape index (κ3) is 5.07. The van der Waals surface area contributed by atoms with E-state index >= 15 is 0 Å². The van der Waals surface area contributed by atoms with E-state index in [1.165, 1.54) is 0 Å². The van der Waals surface area contributed by atoms with Crippen molar-refractivity contribution in [2.24, 2.45) is 5.92 Å². The van der Waals surface area contributed by atoms with Crippen LogP contribution in [0.4, 0.5) is 0 Å². The lowest BCUT2D eigenvalue weighted by Crippen LogP contribution is -2.55. The van der Waals surface area contributed by atoms with Gasteiger partial charge >= 0.3 is 7.12 Å². The predicted molar refractivity (Wildman–Crippen MR) is 91.8 cm³/mol. The highest BCUT2D eigenvalue weighted by molar-refractivity contribution is 6.43. The molecular weight excluding hydrogens is 307 g/mol. The molecule has 130 valence electrons. The molecule has 1 atom stereocenters. The topological polar surface area (TPSA) is 98.7 Å². The molecular formula is C17H25BN2O4. The van der Waals surface area contributed by atoms with Crippen molar-refractivity contribution in [1.29, 1.82) is 0 Å². The molecule has 1 aromatic carbocycles. The van der Waals surface area contributed by atoms with Gasteiger partial charge in [0.2, 0.25) is 11.8 Å². The number of carbonyl (C=O) groups is 2. The lowest BCUT2D eigenvalue weighted by Gasteiger charge is -2.24. The molecule has 0 aliphatic heterocycles. The second-order valence-corrected chi connectivity index (χ2v) is 6.92. The Morgan fingerprint density at radius 1 is 1.21 bits per heavy atom. The van der Waals surface area contributed by atoms with Crippen LogP contribution in [-0.4, -0.2) is 40.5 Å². The van der Waals surface area contributed by atoms with Gasteiger partial charge in [0.25, 0.3) is 0 Å². The van der Waals surface area contributed by atoms with Gasteiger partial charge in [-0.2, -0.15) is 0 Å². The molecule has 0 radical (unpaired) electrons. The molecule has 6 nitrogen and oxygen atoms in total. The van der Waals surface area contributed by atoms with Gasteiger partial charge in [-0.3, -0.25) is 9.59 Å². The van der Waals surface area contributed by atoms with E-state index in [4.69, 9.17) is 0 Å². The summed E-state index contributed by atoms with van der Waals surface area (Å²) in [5.74, 6) is -1.08. The van der Waals surface area contributed by atoms with Crippen molar-refractivity contribution < 1.29 is 19.6 Å². The summed E-state index contributed by atoms with van der Waals surface area (Å²) in [6.07, 6.45) is 1.80. The Labute approximate surface area is 142 Å². The normalized spacial score (nSPS) is 16.4. The quantitative estimate of drug-likeness (QED) is 0.519. The molecule has 0 aromatic heterocycles. The molecule has 0 saturated heterocycles. The molecule has 0 bridgehead atoms. The lowest BCUT2D eigenvalue weighted by molar-refractivity contribution is -0.130. The molecule has 1 fully saturated rings. The Morgan fingerprint density at radius 3 is 2.33 bits per heavy atom. The number of nitrogens with one attached hydrogen (secondary N) is 2. The molecule has 7 heteroatoms. The minimum Gasteiger partial charge on any atom is -0.426 e. The van der Waals surface area contributed by atoms with Crippen molar-refractivity contribution in [1.82, 2.24) is 10.6 Å². The van der Waals surface area contributed by atoms with Crippen LogP contribution in [0, 0.1) is 5.92 Å². The van der Waals surface area contributed by atoms with E-state index < -0.39 is 18.6 Å². The van der Waals surface area contributed by atoms with Crippen LogP contribution in [0.2, 0.25) is 0 Å². The summed E-state index contributed by atoms with van der Waals surface area (Å²) in [7, 11) is -1.62. The van der Waals surface area contributed by atoms with Crippen LogP contribution < -0.4 is 10.6 Å².